The number of nitrogens with one attached hydrogen (secondary N) is 1. The van der Waals surface area contributed by atoms with Gasteiger partial charge in [-0.3, -0.25) is 5.10 Å². The number of hydrogen-bond acceptors (Lipinski definition) is 4. The number of nitrogens with zero attached hydrogens (tertiary/aromatic N) is 1. The Morgan fingerprint density at radius 1 is 1.40 bits per heavy atom. The van der Waals surface area contributed by atoms with Crippen molar-refractivity contribution in [2.45, 2.75) is 13.8 Å². The van der Waals surface area contributed by atoms with Gasteiger partial charge in [0.25, 0.3) is 0 Å². The van der Waals surface area contributed by atoms with Crippen LogP contribution in [0.1, 0.15) is 21.5 Å². The van der Waals surface area contributed by atoms with Gasteiger partial charge in [0.05, 0.1) is 17.9 Å². The van der Waals surface area contributed by atoms with Gasteiger partial charge in [0.2, 0.25) is 5.88 Å². The minimum absolute atomic E-state index is 0.0881. The molecule has 0 aliphatic heterocycles. The van der Waals surface area contributed by atoms with E-state index in [1.807, 2.05) is 13.8 Å². The molecule has 0 unspecified atom stereocenters. The van der Waals surface area contributed by atoms with Crippen molar-refractivity contribution >= 4 is 5.97 Å². The minimum atomic E-state index is -0.972. The van der Waals surface area contributed by atoms with Gasteiger partial charge in [0.1, 0.15) is 6.61 Å². The predicted molar refractivity (Wildman–Crippen MR) is 73.0 cm³/mol. The molecule has 6 nitrogen and oxygen atoms in total. The van der Waals surface area contributed by atoms with Gasteiger partial charge in [-0.25, -0.2) is 4.79 Å². The molecule has 20 heavy (non-hydrogen) atoms. The van der Waals surface area contributed by atoms with E-state index in [1.165, 1.54) is 0 Å². The molecular formula is C14H16N2O4. The summed E-state index contributed by atoms with van der Waals surface area (Å²) in [5.41, 5.74) is 3.43. The molecule has 1 heterocycles. The highest BCUT2D eigenvalue weighted by Crippen LogP contribution is 2.30. The fourth-order valence-corrected chi connectivity index (χ4v) is 1.95. The van der Waals surface area contributed by atoms with Crippen LogP contribution in [-0.4, -0.2) is 39.6 Å². The molecule has 1 aromatic heterocycles. The first-order valence-corrected chi connectivity index (χ1v) is 6.17. The molecule has 0 bridgehead atoms. The van der Waals surface area contributed by atoms with E-state index < -0.39 is 5.97 Å². The number of benzene rings is 1. The Morgan fingerprint density at radius 2 is 2.15 bits per heavy atom. The van der Waals surface area contributed by atoms with Gasteiger partial charge in [-0.1, -0.05) is 6.07 Å². The smallest absolute Gasteiger partial charge is 0.335 e. The number of aromatic amines is 1. The van der Waals surface area contributed by atoms with E-state index in [0.717, 1.165) is 22.4 Å². The molecule has 0 spiro atoms. The molecule has 0 radical (unpaired) electrons. The average Bonchev–Trinajstić information content (AvgIpc) is 2.78. The van der Waals surface area contributed by atoms with Crippen LogP contribution in [0.2, 0.25) is 0 Å². The normalized spacial score (nSPS) is 10.6. The van der Waals surface area contributed by atoms with Crippen molar-refractivity contribution < 1.29 is 19.7 Å². The zero-order chi connectivity index (χ0) is 14.7. The summed E-state index contributed by atoms with van der Waals surface area (Å²) in [6.45, 7) is 3.81. The lowest BCUT2D eigenvalue weighted by atomic mass is 10.0. The monoisotopic (exact) mass is 276 g/mol. The highest BCUT2D eigenvalue weighted by molar-refractivity contribution is 5.90. The Bertz CT molecular complexity index is 634. The van der Waals surface area contributed by atoms with E-state index in [-0.39, 0.29) is 18.8 Å². The molecule has 0 aliphatic carbocycles. The number of rotatable bonds is 5. The van der Waals surface area contributed by atoms with Crippen LogP contribution in [0.3, 0.4) is 0 Å². The van der Waals surface area contributed by atoms with Crippen molar-refractivity contribution in [3.63, 3.8) is 0 Å². The quantitative estimate of drug-likeness (QED) is 0.773. The molecule has 3 N–H and O–H groups in total. The van der Waals surface area contributed by atoms with E-state index in [0.29, 0.717) is 5.88 Å². The second-order valence-electron chi connectivity index (χ2n) is 4.44. The largest absolute Gasteiger partial charge is 0.478 e. The Hall–Kier alpha value is -2.34. The molecule has 6 heteroatoms. The Kier molecular flexibility index (Phi) is 4.05. The molecule has 0 aliphatic rings. The summed E-state index contributed by atoms with van der Waals surface area (Å²) in [6.07, 6.45) is 0. The van der Waals surface area contributed by atoms with Crippen LogP contribution in [0.25, 0.3) is 11.3 Å². The summed E-state index contributed by atoms with van der Waals surface area (Å²) >= 11 is 0. The zero-order valence-electron chi connectivity index (χ0n) is 11.3. The zero-order valence-corrected chi connectivity index (χ0v) is 11.3. The van der Waals surface area contributed by atoms with Gasteiger partial charge in [-0.05, 0) is 31.5 Å². The Balaban J connectivity index is 2.43. The standard InChI is InChI=1S/C14H16N2O4/c1-8-3-4-10(14(18)19)7-11(8)12-9(2)13(16-15-12)20-6-5-17/h3-4,7,17H,5-6H2,1-2H3,(H,15,16)(H,18,19). The maximum atomic E-state index is 11.0. The number of aromatic nitrogens is 2. The van der Waals surface area contributed by atoms with E-state index in [9.17, 15) is 4.79 Å². The number of carboxylic acids is 1. The molecule has 2 rings (SSSR count). The summed E-state index contributed by atoms with van der Waals surface area (Å²) in [6, 6.07) is 4.93. The van der Waals surface area contributed by atoms with Crippen LogP contribution in [0.5, 0.6) is 5.88 Å². The van der Waals surface area contributed by atoms with E-state index in [1.54, 1.807) is 18.2 Å². The number of hydrogen-bond donors (Lipinski definition) is 3. The molecule has 0 saturated heterocycles. The second kappa shape index (κ2) is 5.75. The first kappa shape index (κ1) is 14.1. The first-order chi connectivity index (χ1) is 9.54. The number of aryl methyl sites for hydroxylation is 1. The third kappa shape index (κ3) is 2.65. The summed E-state index contributed by atoms with van der Waals surface area (Å²) in [4.78, 5) is 11.0. The summed E-state index contributed by atoms with van der Waals surface area (Å²) in [5.74, 6) is -0.561. The fraction of sp³-hybridized carbons (Fsp3) is 0.286. The fourth-order valence-electron chi connectivity index (χ4n) is 1.95. The van der Waals surface area contributed by atoms with E-state index >= 15 is 0 Å². The highest BCUT2D eigenvalue weighted by atomic mass is 16.5. The predicted octanol–water partition coefficient (Wildman–Crippen LogP) is 1.76. The van der Waals surface area contributed by atoms with Crippen molar-refractivity contribution in [1.29, 1.82) is 0 Å². The number of aliphatic hydroxyl groups excluding tert-OH is 1. The molecule has 0 fully saturated rings. The minimum Gasteiger partial charge on any atom is -0.478 e. The van der Waals surface area contributed by atoms with Crippen LogP contribution < -0.4 is 4.74 Å². The molecule has 0 atom stereocenters. The van der Waals surface area contributed by atoms with Crippen LogP contribution in [-0.2, 0) is 0 Å². The number of aromatic carboxylic acids is 1. The number of ether oxygens (including phenoxy) is 1. The molecule has 0 saturated carbocycles. The van der Waals surface area contributed by atoms with Gasteiger partial charge in [-0.2, -0.15) is 0 Å². The second-order valence-corrected chi connectivity index (χ2v) is 4.44. The van der Waals surface area contributed by atoms with Crippen LogP contribution in [0.4, 0.5) is 0 Å². The summed E-state index contributed by atoms with van der Waals surface area (Å²) in [7, 11) is 0. The van der Waals surface area contributed by atoms with Crippen molar-refractivity contribution in [2.75, 3.05) is 13.2 Å². The summed E-state index contributed by atoms with van der Waals surface area (Å²) in [5, 5.41) is 24.7. The van der Waals surface area contributed by atoms with Gasteiger partial charge < -0.3 is 14.9 Å². The third-order valence-electron chi connectivity index (χ3n) is 3.05. The Labute approximate surface area is 116 Å². The lowest BCUT2D eigenvalue weighted by Crippen LogP contribution is -2.02. The van der Waals surface area contributed by atoms with Gasteiger partial charge in [-0.15, -0.1) is 5.10 Å². The molecule has 1 aromatic carbocycles. The summed E-state index contributed by atoms with van der Waals surface area (Å²) < 4.78 is 5.30. The molecule has 106 valence electrons. The topological polar surface area (TPSA) is 95.4 Å². The molecule has 0 amide bonds. The molecule has 2 aromatic rings. The van der Waals surface area contributed by atoms with Crippen molar-refractivity contribution in [2.24, 2.45) is 0 Å². The van der Waals surface area contributed by atoms with Crippen LogP contribution in [0.15, 0.2) is 18.2 Å². The number of carbonyl (C=O) groups is 1. The maximum absolute atomic E-state index is 11.0. The SMILES string of the molecule is Cc1ccc(C(=O)O)cc1-c1[nH]nc(OCCO)c1C. The maximum Gasteiger partial charge on any atom is 0.335 e. The Morgan fingerprint density at radius 3 is 2.80 bits per heavy atom. The van der Waals surface area contributed by atoms with Crippen molar-refractivity contribution in [1.82, 2.24) is 10.2 Å². The lowest BCUT2D eigenvalue weighted by molar-refractivity contribution is 0.0697. The van der Waals surface area contributed by atoms with Gasteiger partial charge >= 0.3 is 5.97 Å². The number of carboxylic acid groups (broad SMARTS) is 1. The van der Waals surface area contributed by atoms with Crippen molar-refractivity contribution in [3.05, 3.63) is 34.9 Å². The number of aliphatic hydroxyl groups is 1. The average molecular weight is 276 g/mol. The van der Waals surface area contributed by atoms with E-state index in [2.05, 4.69) is 10.2 Å². The first-order valence-electron chi connectivity index (χ1n) is 6.17. The molecular weight excluding hydrogens is 260 g/mol. The third-order valence-corrected chi connectivity index (χ3v) is 3.05. The number of H-pyrrole nitrogens is 1. The van der Waals surface area contributed by atoms with Crippen molar-refractivity contribution in [3.8, 4) is 17.1 Å². The lowest BCUT2D eigenvalue weighted by Gasteiger charge is -2.06. The van der Waals surface area contributed by atoms with Gasteiger partial charge in [0.15, 0.2) is 0 Å². The van der Waals surface area contributed by atoms with Gasteiger partial charge in [0, 0.05) is 11.1 Å². The van der Waals surface area contributed by atoms with Crippen LogP contribution >= 0.6 is 0 Å². The van der Waals surface area contributed by atoms with E-state index in [4.69, 9.17) is 14.9 Å². The van der Waals surface area contributed by atoms with Crippen LogP contribution in [0, 0.1) is 13.8 Å². The highest BCUT2D eigenvalue weighted by Gasteiger charge is 2.15.